The van der Waals surface area contributed by atoms with E-state index >= 15 is 0 Å². The van der Waals surface area contributed by atoms with Crippen LogP contribution in [0.15, 0.2) is 36.4 Å². The Labute approximate surface area is 262 Å². The zero-order valence-corrected chi connectivity index (χ0v) is 28.1. The highest BCUT2D eigenvalue weighted by Gasteiger charge is 2.40. The summed E-state index contributed by atoms with van der Waals surface area (Å²) in [4.78, 5) is 43.4. The molecule has 8 nitrogen and oxygen atoms in total. The van der Waals surface area contributed by atoms with Crippen molar-refractivity contribution >= 4 is 35.2 Å². The number of carbonyl (C=O) groups is 3. The third-order valence-electron chi connectivity index (χ3n) is 7.15. The number of rotatable bonds is 12. The molecule has 3 N–H and O–H groups in total. The highest BCUT2D eigenvalue weighted by molar-refractivity contribution is 6.34. The van der Waals surface area contributed by atoms with Gasteiger partial charge in [0.25, 0.3) is 5.91 Å². The monoisotopic (exact) mass is 615 g/mol. The molecule has 0 aromatic heterocycles. The SMILES string of the molecule is Cc1cccc(C(C(=O)Nc2c(C)cccc2Cl)N(C(=O)C(CC(C)C)NC(=O)OC(C)(C)C)C(C)CCC(C)C)c1O. The van der Waals surface area contributed by atoms with Gasteiger partial charge in [-0.05, 0) is 89.8 Å². The first kappa shape index (κ1) is 35.9. The zero-order valence-electron chi connectivity index (χ0n) is 27.4. The number of para-hydroxylation sites is 2. The number of halogens is 1. The summed E-state index contributed by atoms with van der Waals surface area (Å²) in [6.45, 7) is 18.8. The van der Waals surface area contributed by atoms with Gasteiger partial charge in [-0.3, -0.25) is 9.59 Å². The van der Waals surface area contributed by atoms with Gasteiger partial charge in [0, 0.05) is 11.6 Å². The number of amides is 3. The molecule has 2 aromatic carbocycles. The third-order valence-corrected chi connectivity index (χ3v) is 7.46. The summed E-state index contributed by atoms with van der Waals surface area (Å²) in [7, 11) is 0. The van der Waals surface area contributed by atoms with Crippen molar-refractivity contribution in [3.8, 4) is 5.75 Å². The normalized spacial score (nSPS) is 13.8. The summed E-state index contributed by atoms with van der Waals surface area (Å²) in [5.74, 6) is -0.638. The van der Waals surface area contributed by atoms with Crippen LogP contribution < -0.4 is 10.6 Å². The van der Waals surface area contributed by atoms with Crippen molar-refractivity contribution in [3.63, 3.8) is 0 Å². The van der Waals surface area contributed by atoms with Crippen LogP contribution >= 0.6 is 11.6 Å². The molecule has 3 amide bonds. The lowest BCUT2D eigenvalue weighted by Crippen LogP contribution is -2.55. The van der Waals surface area contributed by atoms with Crippen LogP contribution in [-0.4, -0.2) is 45.6 Å². The molecular formula is C34H50ClN3O5. The van der Waals surface area contributed by atoms with Crippen LogP contribution in [0.2, 0.25) is 5.02 Å². The fourth-order valence-corrected chi connectivity index (χ4v) is 5.21. The second kappa shape index (κ2) is 15.5. The van der Waals surface area contributed by atoms with Crippen LogP contribution in [-0.2, 0) is 14.3 Å². The van der Waals surface area contributed by atoms with Crippen molar-refractivity contribution in [1.29, 1.82) is 0 Å². The number of phenolic OH excluding ortho intramolecular Hbond substituents is 1. The van der Waals surface area contributed by atoms with E-state index < -0.39 is 41.6 Å². The standard InChI is InChI=1S/C34H50ClN3O5/c1-20(2)17-18-24(7)38(32(41)27(19-21(3)4)36-33(42)43-34(8,9)10)29(25-15-11-14-23(6)30(25)39)31(40)37-28-22(5)13-12-16-26(28)35/h11-16,20-21,24,27,29,39H,17-19H2,1-10H3,(H,36,42)(H,37,40). The number of phenols is 1. The lowest BCUT2D eigenvalue weighted by atomic mass is 9.94. The molecule has 0 saturated carbocycles. The van der Waals surface area contributed by atoms with Gasteiger partial charge in [0.15, 0.2) is 0 Å². The molecule has 9 heteroatoms. The highest BCUT2D eigenvalue weighted by Crippen LogP contribution is 2.36. The van der Waals surface area contributed by atoms with Crippen LogP contribution in [0.1, 0.15) is 97.4 Å². The van der Waals surface area contributed by atoms with E-state index in [4.69, 9.17) is 16.3 Å². The third kappa shape index (κ3) is 10.4. The number of hydrogen-bond acceptors (Lipinski definition) is 5. The van der Waals surface area contributed by atoms with E-state index in [1.165, 1.54) is 4.90 Å². The number of nitrogens with one attached hydrogen (secondary N) is 2. The number of alkyl carbamates (subject to hydrolysis) is 1. The minimum atomic E-state index is -1.22. The molecule has 3 unspecified atom stereocenters. The maximum Gasteiger partial charge on any atom is 0.408 e. The summed E-state index contributed by atoms with van der Waals surface area (Å²) in [5.41, 5.74) is 1.27. The lowest BCUT2D eigenvalue weighted by Gasteiger charge is -2.39. The largest absolute Gasteiger partial charge is 0.507 e. The summed E-state index contributed by atoms with van der Waals surface area (Å²) in [6.07, 6.45) is 1.01. The van der Waals surface area contributed by atoms with Gasteiger partial charge in [0.05, 0.1) is 10.7 Å². The molecule has 2 rings (SSSR count). The van der Waals surface area contributed by atoms with E-state index in [0.717, 1.165) is 12.0 Å². The highest BCUT2D eigenvalue weighted by atomic mass is 35.5. The van der Waals surface area contributed by atoms with Crippen molar-refractivity contribution in [2.45, 2.75) is 112 Å². The molecule has 0 aliphatic carbocycles. The quantitative estimate of drug-likeness (QED) is 0.225. The Kier molecular flexibility index (Phi) is 12.9. The first-order valence-electron chi connectivity index (χ1n) is 15.1. The van der Waals surface area contributed by atoms with E-state index in [0.29, 0.717) is 35.0 Å². The smallest absolute Gasteiger partial charge is 0.408 e. The number of anilines is 1. The second-order valence-electron chi connectivity index (χ2n) is 13.2. The van der Waals surface area contributed by atoms with Gasteiger partial charge in [-0.2, -0.15) is 0 Å². The van der Waals surface area contributed by atoms with Gasteiger partial charge in [-0.1, -0.05) is 69.6 Å². The van der Waals surface area contributed by atoms with E-state index in [1.54, 1.807) is 58.0 Å². The van der Waals surface area contributed by atoms with Crippen molar-refractivity contribution in [3.05, 3.63) is 58.1 Å². The topological polar surface area (TPSA) is 108 Å². The number of nitrogens with zero attached hydrogens (tertiary/aromatic N) is 1. The molecule has 0 bridgehead atoms. The second-order valence-corrected chi connectivity index (χ2v) is 13.6. The minimum absolute atomic E-state index is 0.0436. The molecule has 0 fully saturated rings. The number of ether oxygens (including phenoxy) is 1. The Hall–Kier alpha value is -3.26. The fraction of sp³-hybridized carbons (Fsp3) is 0.559. The Balaban J connectivity index is 2.74. The predicted octanol–water partition coefficient (Wildman–Crippen LogP) is 7.93. The molecule has 238 valence electrons. The molecule has 43 heavy (non-hydrogen) atoms. The Morgan fingerprint density at radius 3 is 2.09 bits per heavy atom. The van der Waals surface area contributed by atoms with E-state index in [2.05, 4.69) is 24.5 Å². The molecule has 3 atom stereocenters. The molecule has 2 aromatic rings. The minimum Gasteiger partial charge on any atom is -0.507 e. The first-order chi connectivity index (χ1) is 19.9. The summed E-state index contributed by atoms with van der Waals surface area (Å²) < 4.78 is 5.50. The van der Waals surface area contributed by atoms with Gasteiger partial charge >= 0.3 is 6.09 Å². The van der Waals surface area contributed by atoms with Crippen molar-refractivity contribution < 1.29 is 24.2 Å². The summed E-state index contributed by atoms with van der Waals surface area (Å²) >= 11 is 6.48. The number of carbonyl (C=O) groups excluding carboxylic acids is 3. The Bertz CT molecular complexity index is 1250. The zero-order chi connectivity index (χ0) is 32.6. The van der Waals surface area contributed by atoms with Crippen molar-refractivity contribution in [2.75, 3.05) is 5.32 Å². The Morgan fingerprint density at radius 2 is 1.53 bits per heavy atom. The number of hydrogen-bond donors (Lipinski definition) is 3. The van der Waals surface area contributed by atoms with E-state index in [1.807, 2.05) is 33.8 Å². The molecule has 0 radical (unpaired) electrons. The molecule has 0 aliphatic rings. The maximum atomic E-state index is 14.6. The van der Waals surface area contributed by atoms with Crippen molar-refractivity contribution in [1.82, 2.24) is 10.2 Å². The number of aromatic hydroxyl groups is 1. The molecule has 0 aliphatic heterocycles. The first-order valence-corrected chi connectivity index (χ1v) is 15.5. The summed E-state index contributed by atoms with van der Waals surface area (Å²) in [6, 6.07) is 7.83. The maximum absolute atomic E-state index is 14.6. The van der Waals surface area contributed by atoms with E-state index in [-0.39, 0.29) is 17.2 Å². The number of benzene rings is 2. The van der Waals surface area contributed by atoms with Gasteiger partial charge in [0.2, 0.25) is 5.91 Å². The number of aryl methyl sites for hydroxylation is 2. The molecular weight excluding hydrogens is 566 g/mol. The average molecular weight is 616 g/mol. The predicted molar refractivity (Wildman–Crippen MR) is 173 cm³/mol. The van der Waals surface area contributed by atoms with Crippen LogP contribution in [0.4, 0.5) is 10.5 Å². The van der Waals surface area contributed by atoms with Crippen LogP contribution in [0, 0.1) is 25.7 Å². The fourth-order valence-electron chi connectivity index (χ4n) is 4.94. The van der Waals surface area contributed by atoms with Gasteiger partial charge in [-0.15, -0.1) is 0 Å². The van der Waals surface area contributed by atoms with Gasteiger partial charge < -0.3 is 25.4 Å². The molecule has 0 heterocycles. The molecule has 0 spiro atoms. The molecule has 0 saturated heterocycles. The van der Waals surface area contributed by atoms with Crippen LogP contribution in [0.5, 0.6) is 5.75 Å². The Morgan fingerprint density at radius 1 is 0.930 bits per heavy atom. The van der Waals surface area contributed by atoms with Crippen molar-refractivity contribution in [2.24, 2.45) is 11.8 Å². The van der Waals surface area contributed by atoms with Crippen LogP contribution in [0.25, 0.3) is 0 Å². The average Bonchev–Trinajstić information content (AvgIpc) is 2.87. The summed E-state index contributed by atoms with van der Waals surface area (Å²) in [5, 5.41) is 17.3. The van der Waals surface area contributed by atoms with Gasteiger partial charge in [0.1, 0.15) is 23.4 Å². The van der Waals surface area contributed by atoms with E-state index in [9.17, 15) is 19.5 Å². The lowest BCUT2D eigenvalue weighted by molar-refractivity contribution is -0.144. The van der Waals surface area contributed by atoms with Crippen LogP contribution in [0.3, 0.4) is 0 Å². The van der Waals surface area contributed by atoms with Gasteiger partial charge in [-0.25, -0.2) is 4.79 Å².